The minimum Gasteiger partial charge on any atom is -0.444 e. The molecule has 4 atom stereocenters. The van der Waals surface area contributed by atoms with Gasteiger partial charge in [-0.05, 0) is 63.5 Å². The highest BCUT2D eigenvalue weighted by Crippen LogP contribution is 2.30. The summed E-state index contributed by atoms with van der Waals surface area (Å²) in [6.07, 6.45) is 9.48. The third-order valence-electron chi connectivity index (χ3n) is 8.57. The van der Waals surface area contributed by atoms with Gasteiger partial charge in [-0.3, -0.25) is 9.80 Å². The van der Waals surface area contributed by atoms with Gasteiger partial charge >= 0.3 is 6.09 Å². The first kappa shape index (κ1) is 29.6. The Kier molecular flexibility index (Phi) is 10.9. The predicted octanol–water partition coefficient (Wildman–Crippen LogP) is 7.41. The number of alkyl carbamates (subject to hydrolysis) is 1. The van der Waals surface area contributed by atoms with Gasteiger partial charge in [0.05, 0.1) is 0 Å². The van der Waals surface area contributed by atoms with Gasteiger partial charge in [-0.2, -0.15) is 0 Å². The first-order valence-electron chi connectivity index (χ1n) is 15.3. The molecule has 2 saturated carbocycles. The van der Waals surface area contributed by atoms with Gasteiger partial charge in [-0.25, -0.2) is 4.79 Å². The zero-order valence-corrected chi connectivity index (χ0v) is 24.8. The molecule has 5 nitrogen and oxygen atoms in total. The number of rotatable bonds is 10. The summed E-state index contributed by atoms with van der Waals surface area (Å²) < 4.78 is 5.67. The van der Waals surface area contributed by atoms with Crippen LogP contribution in [-0.2, 0) is 17.8 Å². The van der Waals surface area contributed by atoms with Gasteiger partial charge in [0, 0.05) is 44.3 Å². The molecule has 0 saturated heterocycles. The molecule has 2 aliphatic carbocycles. The first-order valence-corrected chi connectivity index (χ1v) is 15.3. The van der Waals surface area contributed by atoms with Crippen LogP contribution in [0.15, 0.2) is 60.7 Å². The van der Waals surface area contributed by atoms with Crippen molar-refractivity contribution in [1.29, 1.82) is 0 Å². The normalized spacial score (nSPS) is 24.1. The van der Waals surface area contributed by atoms with Crippen molar-refractivity contribution in [1.82, 2.24) is 15.1 Å². The van der Waals surface area contributed by atoms with Crippen LogP contribution in [0.25, 0.3) is 0 Å². The lowest BCUT2D eigenvalue weighted by atomic mass is 9.84. The molecule has 2 aromatic rings. The fourth-order valence-electron chi connectivity index (χ4n) is 6.63. The summed E-state index contributed by atoms with van der Waals surface area (Å²) in [5.74, 6) is 0.723. The van der Waals surface area contributed by atoms with E-state index in [0.717, 1.165) is 51.4 Å². The van der Waals surface area contributed by atoms with Crippen molar-refractivity contribution in [2.75, 3.05) is 13.1 Å². The van der Waals surface area contributed by atoms with Crippen molar-refractivity contribution in [3.05, 3.63) is 71.8 Å². The number of benzene rings is 2. The van der Waals surface area contributed by atoms with Crippen LogP contribution in [0, 0.1) is 5.92 Å². The second-order valence-corrected chi connectivity index (χ2v) is 12.8. The van der Waals surface area contributed by atoms with Crippen molar-refractivity contribution in [2.45, 2.75) is 116 Å². The molecule has 39 heavy (non-hydrogen) atoms. The Morgan fingerprint density at radius 1 is 0.769 bits per heavy atom. The number of carbonyl (C=O) groups excluding carboxylic acids is 1. The van der Waals surface area contributed by atoms with E-state index in [4.69, 9.17) is 4.74 Å². The summed E-state index contributed by atoms with van der Waals surface area (Å²) >= 11 is 0. The van der Waals surface area contributed by atoms with Crippen molar-refractivity contribution in [2.24, 2.45) is 5.92 Å². The van der Waals surface area contributed by atoms with E-state index in [9.17, 15) is 4.79 Å². The highest BCUT2D eigenvalue weighted by molar-refractivity contribution is 5.68. The zero-order valence-electron chi connectivity index (χ0n) is 24.8. The van der Waals surface area contributed by atoms with E-state index in [1.807, 2.05) is 20.8 Å². The monoisotopic (exact) mass is 533 g/mol. The van der Waals surface area contributed by atoms with Crippen molar-refractivity contribution in [3.8, 4) is 0 Å². The molecule has 1 unspecified atom stereocenters. The van der Waals surface area contributed by atoms with Crippen LogP contribution in [0.3, 0.4) is 0 Å². The lowest BCUT2D eigenvalue weighted by molar-refractivity contribution is 0.0370. The number of carbonyl (C=O) groups is 1. The molecule has 2 aliphatic rings. The Morgan fingerprint density at radius 2 is 1.26 bits per heavy atom. The number of ether oxygens (including phenoxy) is 1. The second-order valence-electron chi connectivity index (χ2n) is 12.8. The Hall–Kier alpha value is -2.37. The number of amides is 1. The Morgan fingerprint density at radius 3 is 1.79 bits per heavy atom. The van der Waals surface area contributed by atoms with Gasteiger partial charge in [-0.15, -0.1) is 0 Å². The SMILES string of the molecule is C[C@H]1CCCC[C@@H]1N(CCN(Cc1ccccc1)C1CCCC[C@H]1NC(=O)OC(C)(C)C)Cc1ccccc1. The third kappa shape index (κ3) is 9.36. The predicted molar refractivity (Wildman–Crippen MR) is 161 cm³/mol. The van der Waals surface area contributed by atoms with E-state index >= 15 is 0 Å². The Labute approximate surface area is 237 Å². The maximum Gasteiger partial charge on any atom is 0.407 e. The van der Waals surface area contributed by atoms with Crippen LogP contribution in [0.1, 0.15) is 90.2 Å². The van der Waals surface area contributed by atoms with Crippen LogP contribution in [0.2, 0.25) is 0 Å². The Balaban J connectivity index is 1.53. The maximum absolute atomic E-state index is 12.8. The molecule has 0 heterocycles. The van der Waals surface area contributed by atoms with Gasteiger partial charge in [-0.1, -0.05) is 93.3 Å². The standard InChI is InChI=1S/C34H51N3O2/c1-27-15-11-13-21-31(27)36(25-28-16-7-5-8-17-28)23-24-37(26-29-18-9-6-10-19-29)32-22-14-12-20-30(32)35-33(38)39-34(2,3)4/h5-10,16-19,27,30-32H,11-15,20-26H2,1-4H3,(H,35,38)/t27-,30+,31-,32?/m0/s1. The molecule has 0 aromatic heterocycles. The molecule has 2 aromatic carbocycles. The molecule has 0 spiro atoms. The van der Waals surface area contributed by atoms with Gasteiger partial charge in [0.2, 0.25) is 0 Å². The van der Waals surface area contributed by atoms with Crippen LogP contribution in [0.5, 0.6) is 0 Å². The smallest absolute Gasteiger partial charge is 0.407 e. The van der Waals surface area contributed by atoms with Crippen molar-refractivity contribution >= 4 is 6.09 Å². The van der Waals surface area contributed by atoms with E-state index in [0.29, 0.717) is 12.1 Å². The molecule has 2 fully saturated rings. The summed E-state index contributed by atoms with van der Waals surface area (Å²) in [6, 6.07) is 22.8. The number of nitrogens with one attached hydrogen (secondary N) is 1. The fraction of sp³-hybridized carbons (Fsp3) is 0.618. The average molecular weight is 534 g/mol. The number of hydrogen-bond donors (Lipinski definition) is 1. The molecule has 0 bridgehead atoms. The topological polar surface area (TPSA) is 44.8 Å². The molecule has 0 aliphatic heterocycles. The highest BCUT2D eigenvalue weighted by atomic mass is 16.6. The summed E-state index contributed by atoms with van der Waals surface area (Å²) in [5.41, 5.74) is 2.24. The van der Waals surface area contributed by atoms with Gasteiger partial charge in [0.15, 0.2) is 0 Å². The number of hydrogen-bond acceptors (Lipinski definition) is 4. The van der Waals surface area contributed by atoms with E-state index in [2.05, 4.69) is 82.7 Å². The largest absolute Gasteiger partial charge is 0.444 e. The first-order chi connectivity index (χ1) is 18.8. The molecule has 1 amide bonds. The van der Waals surface area contributed by atoms with Gasteiger partial charge < -0.3 is 10.1 Å². The van der Waals surface area contributed by atoms with Crippen LogP contribution in [0.4, 0.5) is 4.79 Å². The van der Waals surface area contributed by atoms with Crippen LogP contribution in [-0.4, -0.2) is 52.7 Å². The van der Waals surface area contributed by atoms with Crippen molar-refractivity contribution in [3.63, 3.8) is 0 Å². The van der Waals surface area contributed by atoms with E-state index < -0.39 is 5.60 Å². The third-order valence-corrected chi connectivity index (χ3v) is 8.57. The molecule has 1 N–H and O–H groups in total. The molecular weight excluding hydrogens is 482 g/mol. The zero-order chi connectivity index (χ0) is 27.7. The van der Waals surface area contributed by atoms with Gasteiger partial charge in [0.25, 0.3) is 0 Å². The van der Waals surface area contributed by atoms with E-state index in [1.165, 1.54) is 43.2 Å². The summed E-state index contributed by atoms with van der Waals surface area (Å²) in [7, 11) is 0. The fourth-order valence-corrected chi connectivity index (χ4v) is 6.63. The second kappa shape index (κ2) is 14.3. The molecule has 4 rings (SSSR count). The van der Waals surface area contributed by atoms with Crippen LogP contribution < -0.4 is 5.32 Å². The quantitative estimate of drug-likeness (QED) is 0.345. The summed E-state index contributed by atoms with van der Waals surface area (Å²) in [5, 5.41) is 3.27. The maximum atomic E-state index is 12.8. The molecular formula is C34H51N3O2. The highest BCUT2D eigenvalue weighted by Gasteiger charge is 2.34. The molecule has 214 valence electrons. The van der Waals surface area contributed by atoms with Gasteiger partial charge in [0.1, 0.15) is 5.60 Å². The minimum atomic E-state index is -0.493. The summed E-state index contributed by atoms with van der Waals surface area (Å²) in [4.78, 5) is 18.2. The Bertz CT molecular complexity index is 991. The van der Waals surface area contributed by atoms with Crippen molar-refractivity contribution < 1.29 is 9.53 Å². The average Bonchev–Trinajstić information content (AvgIpc) is 2.91. The molecule has 5 heteroatoms. The molecule has 0 radical (unpaired) electrons. The minimum absolute atomic E-state index is 0.105. The van der Waals surface area contributed by atoms with Crippen LogP contribution >= 0.6 is 0 Å². The number of nitrogens with zero attached hydrogens (tertiary/aromatic N) is 2. The summed E-state index contributed by atoms with van der Waals surface area (Å²) in [6.45, 7) is 12.2. The lowest BCUT2D eigenvalue weighted by Gasteiger charge is -2.43. The lowest BCUT2D eigenvalue weighted by Crippen LogP contribution is -2.55. The van der Waals surface area contributed by atoms with E-state index in [-0.39, 0.29) is 12.1 Å². The van der Waals surface area contributed by atoms with E-state index in [1.54, 1.807) is 0 Å².